The molecule has 1 aliphatic heterocycles. The molecule has 31 heavy (non-hydrogen) atoms. The molecule has 0 fully saturated rings. The Morgan fingerprint density at radius 3 is 2.48 bits per heavy atom. The van der Waals surface area contributed by atoms with Gasteiger partial charge in [0.15, 0.2) is 0 Å². The molecule has 0 aromatic heterocycles. The van der Waals surface area contributed by atoms with E-state index < -0.39 is 0 Å². The third-order valence-corrected chi connectivity index (χ3v) is 5.99. The quantitative estimate of drug-likeness (QED) is 0.348. The minimum atomic E-state index is -0.197. The SMILES string of the molecule is CC(C)=CCC/C(C)=C/CCC1(C)CCc2c(O)cc(/C=C/c3ccccc3)cc2O1. The topological polar surface area (TPSA) is 29.5 Å². The van der Waals surface area contributed by atoms with E-state index in [1.165, 1.54) is 11.1 Å². The van der Waals surface area contributed by atoms with Gasteiger partial charge in [-0.1, -0.05) is 65.8 Å². The highest BCUT2D eigenvalue weighted by atomic mass is 16.5. The zero-order valence-corrected chi connectivity index (χ0v) is 19.4. The standard InChI is InChI=1S/C29H36O2/c1-22(2)10-8-11-23(3)12-9-18-29(4)19-17-26-27(30)20-25(21-28(26)31-29)16-15-24-13-6-5-7-14-24/h5-7,10,12-16,20-21,30H,8-9,11,17-19H2,1-4H3/b16-15+,23-12+. The summed E-state index contributed by atoms with van der Waals surface area (Å²) in [4.78, 5) is 0. The van der Waals surface area contributed by atoms with Crippen molar-refractivity contribution in [3.05, 3.63) is 82.5 Å². The molecule has 3 rings (SSSR count). The van der Waals surface area contributed by atoms with E-state index in [1.54, 1.807) is 0 Å². The van der Waals surface area contributed by atoms with E-state index in [0.717, 1.165) is 61.0 Å². The second-order valence-electron chi connectivity index (χ2n) is 9.22. The van der Waals surface area contributed by atoms with Crippen molar-refractivity contribution in [3.8, 4) is 11.5 Å². The van der Waals surface area contributed by atoms with E-state index in [2.05, 4.69) is 64.1 Å². The normalized spacial score (nSPS) is 18.5. The average molecular weight is 417 g/mol. The number of ether oxygens (including phenoxy) is 1. The maximum absolute atomic E-state index is 10.5. The fourth-order valence-corrected chi connectivity index (χ4v) is 4.04. The Morgan fingerprint density at radius 2 is 1.74 bits per heavy atom. The summed E-state index contributed by atoms with van der Waals surface area (Å²) in [5.41, 5.74) is 5.66. The van der Waals surface area contributed by atoms with Crippen LogP contribution in [0.5, 0.6) is 11.5 Å². The van der Waals surface area contributed by atoms with Crippen molar-refractivity contribution in [2.24, 2.45) is 0 Å². The summed E-state index contributed by atoms with van der Waals surface area (Å²) in [5.74, 6) is 1.16. The third-order valence-electron chi connectivity index (χ3n) is 5.99. The van der Waals surface area contributed by atoms with E-state index in [1.807, 2.05) is 30.3 Å². The molecule has 0 saturated carbocycles. The van der Waals surface area contributed by atoms with Crippen LogP contribution in [0.4, 0.5) is 0 Å². The maximum atomic E-state index is 10.5. The highest BCUT2D eigenvalue weighted by molar-refractivity contribution is 5.71. The minimum absolute atomic E-state index is 0.197. The lowest BCUT2D eigenvalue weighted by atomic mass is 9.87. The molecule has 0 aliphatic carbocycles. The number of phenols is 1. The van der Waals surface area contributed by atoms with Crippen LogP contribution in [0.1, 0.15) is 76.5 Å². The van der Waals surface area contributed by atoms with Crippen molar-refractivity contribution >= 4 is 12.2 Å². The van der Waals surface area contributed by atoms with Crippen LogP contribution in [0.15, 0.2) is 65.8 Å². The minimum Gasteiger partial charge on any atom is -0.508 e. The van der Waals surface area contributed by atoms with Gasteiger partial charge in [0.25, 0.3) is 0 Å². The molecular weight excluding hydrogens is 380 g/mol. The van der Waals surface area contributed by atoms with Crippen LogP contribution in [0.3, 0.4) is 0 Å². The number of allylic oxidation sites excluding steroid dienone is 4. The Morgan fingerprint density at radius 1 is 1.00 bits per heavy atom. The van der Waals surface area contributed by atoms with Crippen molar-refractivity contribution in [2.75, 3.05) is 0 Å². The summed E-state index contributed by atoms with van der Waals surface area (Å²) >= 11 is 0. The number of aromatic hydroxyl groups is 1. The van der Waals surface area contributed by atoms with Gasteiger partial charge >= 0.3 is 0 Å². The van der Waals surface area contributed by atoms with Gasteiger partial charge in [-0.3, -0.25) is 0 Å². The molecular formula is C29H36O2. The van der Waals surface area contributed by atoms with Gasteiger partial charge < -0.3 is 9.84 Å². The molecule has 2 aromatic carbocycles. The van der Waals surface area contributed by atoms with Crippen molar-refractivity contribution in [1.29, 1.82) is 0 Å². The highest BCUT2D eigenvalue weighted by Gasteiger charge is 2.32. The Balaban J connectivity index is 1.65. The predicted molar refractivity (Wildman–Crippen MR) is 132 cm³/mol. The number of phenolic OH excluding ortho intramolecular Hbond substituents is 1. The lowest BCUT2D eigenvalue weighted by Gasteiger charge is -2.36. The summed E-state index contributed by atoms with van der Waals surface area (Å²) in [6, 6.07) is 14.1. The summed E-state index contributed by atoms with van der Waals surface area (Å²) in [6.45, 7) is 8.73. The maximum Gasteiger partial charge on any atom is 0.127 e. The Labute approximate surface area is 188 Å². The first-order valence-electron chi connectivity index (χ1n) is 11.4. The van der Waals surface area contributed by atoms with Gasteiger partial charge in [-0.2, -0.15) is 0 Å². The number of benzene rings is 2. The summed E-state index contributed by atoms with van der Waals surface area (Å²) in [7, 11) is 0. The zero-order valence-electron chi connectivity index (χ0n) is 19.4. The number of fused-ring (bicyclic) bond motifs is 1. The van der Waals surface area contributed by atoms with E-state index in [4.69, 9.17) is 4.74 Å². The molecule has 2 aromatic rings. The second kappa shape index (κ2) is 10.5. The molecule has 1 unspecified atom stereocenters. The van der Waals surface area contributed by atoms with Crippen LogP contribution in [-0.4, -0.2) is 10.7 Å². The summed E-state index contributed by atoms with van der Waals surface area (Å²) in [5, 5.41) is 10.5. The second-order valence-corrected chi connectivity index (χ2v) is 9.22. The van der Waals surface area contributed by atoms with Crippen LogP contribution >= 0.6 is 0 Å². The molecule has 2 nitrogen and oxygen atoms in total. The first-order valence-corrected chi connectivity index (χ1v) is 11.4. The van der Waals surface area contributed by atoms with Gasteiger partial charge in [0, 0.05) is 5.56 Å². The van der Waals surface area contributed by atoms with Gasteiger partial charge in [0.05, 0.1) is 0 Å². The van der Waals surface area contributed by atoms with Crippen molar-refractivity contribution in [3.63, 3.8) is 0 Å². The van der Waals surface area contributed by atoms with Crippen LogP contribution in [0.25, 0.3) is 12.2 Å². The first kappa shape index (κ1) is 22.9. The summed E-state index contributed by atoms with van der Waals surface area (Å²) < 4.78 is 6.45. The van der Waals surface area contributed by atoms with Crippen LogP contribution in [0.2, 0.25) is 0 Å². The molecule has 0 bridgehead atoms. The van der Waals surface area contributed by atoms with Crippen molar-refractivity contribution in [1.82, 2.24) is 0 Å². The van der Waals surface area contributed by atoms with Crippen molar-refractivity contribution < 1.29 is 9.84 Å². The van der Waals surface area contributed by atoms with E-state index in [0.29, 0.717) is 5.75 Å². The smallest absolute Gasteiger partial charge is 0.127 e. The van der Waals surface area contributed by atoms with Gasteiger partial charge in [-0.15, -0.1) is 0 Å². The van der Waals surface area contributed by atoms with Gasteiger partial charge in [-0.25, -0.2) is 0 Å². The van der Waals surface area contributed by atoms with Gasteiger partial charge in [0.1, 0.15) is 17.1 Å². The first-order chi connectivity index (χ1) is 14.8. The molecule has 0 spiro atoms. The van der Waals surface area contributed by atoms with E-state index in [-0.39, 0.29) is 5.60 Å². The molecule has 1 heterocycles. The lowest BCUT2D eigenvalue weighted by Crippen LogP contribution is -2.36. The molecule has 1 atom stereocenters. The zero-order chi connectivity index (χ0) is 22.3. The largest absolute Gasteiger partial charge is 0.508 e. The lowest BCUT2D eigenvalue weighted by molar-refractivity contribution is 0.0564. The Kier molecular flexibility index (Phi) is 7.79. The number of rotatable bonds is 8. The molecule has 1 aliphatic rings. The average Bonchev–Trinajstić information content (AvgIpc) is 2.72. The predicted octanol–water partition coefficient (Wildman–Crippen LogP) is 8.12. The molecule has 0 amide bonds. The Hall–Kier alpha value is -2.74. The van der Waals surface area contributed by atoms with Crippen LogP contribution in [-0.2, 0) is 6.42 Å². The van der Waals surface area contributed by atoms with Gasteiger partial charge in [0.2, 0.25) is 0 Å². The molecule has 2 heteroatoms. The monoisotopic (exact) mass is 416 g/mol. The van der Waals surface area contributed by atoms with Crippen LogP contribution < -0.4 is 4.74 Å². The van der Waals surface area contributed by atoms with E-state index in [9.17, 15) is 5.11 Å². The Bertz CT molecular complexity index is 962. The fourth-order valence-electron chi connectivity index (χ4n) is 4.04. The number of hydrogen-bond acceptors (Lipinski definition) is 2. The highest BCUT2D eigenvalue weighted by Crippen LogP contribution is 2.41. The van der Waals surface area contributed by atoms with E-state index >= 15 is 0 Å². The molecule has 0 saturated heterocycles. The third kappa shape index (κ3) is 6.89. The van der Waals surface area contributed by atoms with Crippen LogP contribution in [0, 0.1) is 0 Å². The molecule has 164 valence electrons. The van der Waals surface area contributed by atoms with Crippen molar-refractivity contribution in [2.45, 2.75) is 71.8 Å². The van der Waals surface area contributed by atoms with Gasteiger partial charge in [-0.05, 0) is 89.5 Å². The number of hydrogen-bond donors (Lipinski definition) is 1. The fraction of sp³-hybridized carbons (Fsp3) is 0.379. The molecule has 1 N–H and O–H groups in total. The summed E-state index contributed by atoms with van der Waals surface area (Å²) in [6.07, 6.45) is 14.8. The molecule has 0 radical (unpaired) electrons.